The lowest BCUT2D eigenvalue weighted by Crippen LogP contribution is -2.11. The van der Waals surface area contributed by atoms with Crippen molar-refractivity contribution in [2.24, 2.45) is 0 Å². The Hall–Kier alpha value is -1.13. The van der Waals surface area contributed by atoms with E-state index in [9.17, 15) is 4.79 Å². The average Bonchev–Trinajstić information content (AvgIpc) is 2.56. The first-order valence-corrected chi connectivity index (χ1v) is 5.23. The number of thiophene rings is 1. The lowest BCUT2D eigenvalue weighted by atomic mass is 10.1. The average molecular weight is 227 g/mol. The van der Waals surface area contributed by atoms with Crippen LogP contribution in [0.3, 0.4) is 0 Å². The summed E-state index contributed by atoms with van der Waals surface area (Å²) in [7, 11) is 0. The summed E-state index contributed by atoms with van der Waals surface area (Å²) in [5.74, 6) is 0. The van der Waals surface area contributed by atoms with Gasteiger partial charge in [0.25, 0.3) is 0 Å². The molecule has 3 nitrogen and oxygen atoms in total. The van der Waals surface area contributed by atoms with Crippen molar-refractivity contribution in [3.05, 3.63) is 38.0 Å². The van der Waals surface area contributed by atoms with Crippen LogP contribution in [0.4, 0.5) is 0 Å². The highest BCUT2D eigenvalue weighted by Gasteiger charge is 2.08. The van der Waals surface area contributed by atoms with Gasteiger partial charge in [0.05, 0.1) is 5.69 Å². The molecular formula is C9H7ClN2OS. The molecule has 0 saturated heterocycles. The Kier molecular flexibility index (Phi) is 2.39. The van der Waals surface area contributed by atoms with Crippen LogP contribution in [-0.4, -0.2) is 9.97 Å². The summed E-state index contributed by atoms with van der Waals surface area (Å²) in [6.45, 7) is 1.88. The van der Waals surface area contributed by atoms with Crippen LogP contribution in [0.15, 0.2) is 22.4 Å². The fraction of sp³-hybridized carbons (Fsp3) is 0.111. The molecule has 0 aliphatic heterocycles. The third-order valence-electron chi connectivity index (χ3n) is 1.89. The van der Waals surface area contributed by atoms with Crippen molar-refractivity contribution in [1.82, 2.24) is 9.97 Å². The smallest absolute Gasteiger partial charge is 0.305 e. The van der Waals surface area contributed by atoms with E-state index in [0.717, 1.165) is 16.8 Å². The minimum Gasteiger partial charge on any atom is -0.305 e. The second kappa shape index (κ2) is 3.55. The second-order valence-electron chi connectivity index (χ2n) is 2.85. The Morgan fingerprint density at radius 3 is 3.00 bits per heavy atom. The molecule has 2 aromatic rings. The van der Waals surface area contributed by atoms with Crippen LogP contribution in [-0.2, 0) is 0 Å². The summed E-state index contributed by atoms with van der Waals surface area (Å²) < 4.78 is 0.676. The van der Waals surface area contributed by atoms with Crippen LogP contribution in [0, 0.1) is 6.92 Å². The summed E-state index contributed by atoms with van der Waals surface area (Å²) in [6, 6.07) is 1.88. The molecule has 14 heavy (non-hydrogen) atoms. The number of nitrogens with one attached hydrogen (secondary N) is 1. The molecule has 0 atom stereocenters. The number of hydrogen-bond donors (Lipinski definition) is 1. The molecule has 0 unspecified atom stereocenters. The Bertz CT molecular complexity index is 518. The molecule has 0 aliphatic rings. The number of rotatable bonds is 1. The number of aromatic nitrogens is 2. The van der Waals surface area contributed by atoms with Gasteiger partial charge in [0.2, 0.25) is 0 Å². The number of nitrogens with zero attached hydrogens (tertiary/aromatic N) is 1. The van der Waals surface area contributed by atoms with Gasteiger partial charge in [-0.1, -0.05) is 11.6 Å². The van der Waals surface area contributed by atoms with Gasteiger partial charge in [-0.25, -0.2) is 9.78 Å². The molecule has 1 N–H and O–H groups in total. The number of aryl methyl sites for hydroxylation is 1. The third-order valence-corrected chi connectivity index (χ3v) is 3.06. The van der Waals surface area contributed by atoms with Gasteiger partial charge in [0.1, 0.15) is 4.34 Å². The van der Waals surface area contributed by atoms with Crippen LogP contribution in [0.2, 0.25) is 4.34 Å². The van der Waals surface area contributed by atoms with Gasteiger partial charge >= 0.3 is 5.69 Å². The quantitative estimate of drug-likeness (QED) is 0.812. The first-order chi connectivity index (χ1) is 6.68. The summed E-state index contributed by atoms with van der Waals surface area (Å²) in [4.78, 5) is 17.3. The minimum atomic E-state index is -0.354. The van der Waals surface area contributed by atoms with Gasteiger partial charge < -0.3 is 4.98 Å². The fourth-order valence-corrected chi connectivity index (χ4v) is 2.14. The van der Waals surface area contributed by atoms with Gasteiger partial charge in [-0.05, 0) is 23.9 Å². The number of halogens is 1. The first kappa shape index (κ1) is 9.43. The largest absolute Gasteiger partial charge is 0.345 e. The SMILES string of the molecule is Cc1cnc(=O)[nH]c1-c1ccsc1Cl. The molecule has 0 aromatic carbocycles. The van der Waals surface area contributed by atoms with Crippen molar-refractivity contribution in [2.45, 2.75) is 6.92 Å². The molecule has 0 fully saturated rings. The Labute approximate surface area is 89.4 Å². The lowest BCUT2D eigenvalue weighted by molar-refractivity contribution is 1.06. The highest BCUT2D eigenvalue weighted by atomic mass is 35.5. The summed E-state index contributed by atoms with van der Waals surface area (Å²) in [5.41, 5.74) is 2.16. The predicted molar refractivity (Wildman–Crippen MR) is 57.9 cm³/mol. The molecule has 0 spiro atoms. The van der Waals surface area contributed by atoms with Crippen molar-refractivity contribution in [1.29, 1.82) is 0 Å². The van der Waals surface area contributed by atoms with E-state index < -0.39 is 0 Å². The molecule has 0 amide bonds. The van der Waals surface area contributed by atoms with Crippen LogP contribution >= 0.6 is 22.9 Å². The standard InChI is InChI=1S/C9H7ClN2OS/c1-5-4-11-9(13)12-7(5)6-2-3-14-8(6)10/h2-4H,1H3,(H,11,12,13). The molecule has 0 bridgehead atoms. The zero-order valence-electron chi connectivity index (χ0n) is 7.37. The van der Waals surface area contributed by atoms with Crippen molar-refractivity contribution < 1.29 is 0 Å². The van der Waals surface area contributed by atoms with Gasteiger partial charge in [-0.15, -0.1) is 11.3 Å². The fourth-order valence-electron chi connectivity index (χ4n) is 1.21. The van der Waals surface area contributed by atoms with E-state index in [0.29, 0.717) is 4.34 Å². The van der Waals surface area contributed by atoms with Crippen LogP contribution in [0.1, 0.15) is 5.56 Å². The molecular weight excluding hydrogens is 220 g/mol. The van der Waals surface area contributed by atoms with Crippen molar-refractivity contribution in [2.75, 3.05) is 0 Å². The molecule has 5 heteroatoms. The molecule has 2 rings (SSSR count). The highest BCUT2D eigenvalue weighted by molar-refractivity contribution is 7.15. The monoisotopic (exact) mass is 226 g/mol. The third kappa shape index (κ3) is 1.58. The Morgan fingerprint density at radius 2 is 2.36 bits per heavy atom. The maximum atomic E-state index is 11.0. The van der Waals surface area contributed by atoms with E-state index in [1.165, 1.54) is 11.3 Å². The topological polar surface area (TPSA) is 45.8 Å². The first-order valence-electron chi connectivity index (χ1n) is 3.98. The zero-order valence-corrected chi connectivity index (χ0v) is 8.95. The summed E-state index contributed by atoms with van der Waals surface area (Å²) in [6.07, 6.45) is 1.54. The van der Waals surface area contributed by atoms with Gasteiger partial charge in [0, 0.05) is 11.8 Å². The van der Waals surface area contributed by atoms with E-state index in [4.69, 9.17) is 11.6 Å². The molecule has 2 aromatic heterocycles. The minimum absolute atomic E-state index is 0.354. The van der Waals surface area contributed by atoms with E-state index in [2.05, 4.69) is 9.97 Å². The predicted octanol–water partition coefficient (Wildman–Crippen LogP) is 2.46. The molecule has 72 valence electrons. The molecule has 0 radical (unpaired) electrons. The van der Waals surface area contributed by atoms with Gasteiger partial charge in [0.15, 0.2) is 0 Å². The van der Waals surface area contributed by atoms with Crippen molar-refractivity contribution >= 4 is 22.9 Å². The van der Waals surface area contributed by atoms with Gasteiger partial charge in [-0.3, -0.25) is 0 Å². The molecule has 0 saturated carbocycles. The second-order valence-corrected chi connectivity index (χ2v) is 4.37. The lowest BCUT2D eigenvalue weighted by Gasteiger charge is -2.02. The zero-order chi connectivity index (χ0) is 10.1. The highest BCUT2D eigenvalue weighted by Crippen LogP contribution is 2.31. The van der Waals surface area contributed by atoms with Crippen molar-refractivity contribution in [3.8, 4) is 11.3 Å². The number of H-pyrrole nitrogens is 1. The van der Waals surface area contributed by atoms with E-state index in [1.54, 1.807) is 6.20 Å². The van der Waals surface area contributed by atoms with Gasteiger partial charge in [-0.2, -0.15) is 0 Å². The van der Waals surface area contributed by atoms with Crippen LogP contribution in [0.5, 0.6) is 0 Å². The molecule has 2 heterocycles. The summed E-state index contributed by atoms with van der Waals surface area (Å²) >= 11 is 7.41. The number of aromatic amines is 1. The van der Waals surface area contributed by atoms with Crippen molar-refractivity contribution in [3.63, 3.8) is 0 Å². The normalized spacial score (nSPS) is 10.4. The number of hydrogen-bond acceptors (Lipinski definition) is 3. The van der Waals surface area contributed by atoms with E-state index in [-0.39, 0.29) is 5.69 Å². The van der Waals surface area contributed by atoms with Crippen LogP contribution in [0.25, 0.3) is 11.3 Å². The molecule has 0 aliphatic carbocycles. The maximum absolute atomic E-state index is 11.0. The maximum Gasteiger partial charge on any atom is 0.345 e. The Balaban J connectivity index is 2.68. The van der Waals surface area contributed by atoms with E-state index in [1.807, 2.05) is 18.4 Å². The van der Waals surface area contributed by atoms with Crippen LogP contribution < -0.4 is 5.69 Å². The summed E-state index contributed by atoms with van der Waals surface area (Å²) in [5, 5.41) is 1.88. The Morgan fingerprint density at radius 1 is 1.57 bits per heavy atom. The van der Waals surface area contributed by atoms with E-state index >= 15 is 0 Å².